The number of nitrogens with zero attached hydrogens (tertiary/aromatic N) is 1. The van der Waals surface area contributed by atoms with Gasteiger partial charge in [-0.25, -0.2) is 0 Å². The van der Waals surface area contributed by atoms with Crippen molar-refractivity contribution in [1.29, 1.82) is 0 Å². The second-order valence-electron chi connectivity index (χ2n) is 4.92. The number of carbonyl (C=O) groups excluding carboxylic acids is 1. The van der Waals surface area contributed by atoms with Crippen molar-refractivity contribution in [2.45, 2.75) is 30.9 Å². The summed E-state index contributed by atoms with van der Waals surface area (Å²) in [6.45, 7) is 3.51. The summed E-state index contributed by atoms with van der Waals surface area (Å²) in [6, 6.07) is 9.40. The maximum atomic E-state index is 11.8. The second kappa shape index (κ2) is 4.94. The lowest BCUT2D eigenvalue weighted by atomic mass is 9.72. The maximum Gasteiger partial charge on any atom is 0.246 e. The van der Waals surface area contributed by atoms with Gasteiger partial charge in [0.25, 0.3) is 0 Å². The smallest absolute Gasteiger partial charge is 0.246 e. The topological polar surface area (TPSA) is 40.5 Å². The van der Waals surface area contributed by atoms with Crippen LogP contribution in [0.4, 0.5) is 0 Å². The zero-order valence-corrected chi connectivity index (χ0v) is 10.7. The first kappa shape index (κ1) is 12.8. The molecule has 0 bridgehead atoms. The van der Waals surface area contributed by atoms with E-state index >= 15 is 0 Å². The largest absolute Gasteiger partial charge is 0.387 e. The molecular weight excluding hydrogens is 226 g/mol. The van der Waals surface area contributed by atoms with Crippen LogP contribution in [0.2, 0.25) is 0 Å². The Morgan fingerprint density at radius 3 is 2.50 bits per heavy atom. The van der Waals surface area contributed by atoms with Gasteiger partial charge in [-0.15, -0.1) is 0 Å². The fraction of sp³-hybridized carbons (Fsp3) is 0.400. The van der Waals surface area contributed by atoms with Crippen molar-refractivity contribution in [3.05, 3.63) is 48.6 Å². The van der Waals surface area contributed by atoms with Gasteiger partial charge in [-0.3, -0.25) is 4.79 Å². The molecule has 1 N–H and O–H groups in total. The van der Waals surface area contributed by atoms with Gasteiger partial charge in [0.05, 0.1) is 11.6 Å². The molecule has 0 radical (unpaired) electrons. The van der Waals surface area contributed by atoms with Gasteiger partial charge in [-0.1, -0.05) is 36.9 Å². The first-order valence-electron chi connectivity index (χ1n) is 6.25. The van der Waals surface area contributed by atoms with E-state index in [4.69, 9.17) is 0 Å². The number of likely N-dealkylation sites (N-methyl/N-ethyl adjacent to an activating group) is 1. The highest BCUT2D eigenvalue weighted by Gasteiger charge is 2.45. The third-order valence-corrected chi connectivity index (χ3v) is 3.75. The minimum absolute atomic E-state index is 0.163. The number of benzene rings is 1. The predicted molar refractivity (Wildman–Crippen MR) is 71.0 cm³/mol. The molecule has 0 saturated heterocycles. The van der Waals surface area contributed by atoms with E-state index in [-0.39, 0.29) is 11.9 Å². The number of rotatable bonds is 4. The zero-order valence-electron chi connectivity index (χ0n) is 10.7. The van der Waals surface area contributed by atoms with Crippen LogP contribution in [0.25, 0.3) is 0 Å². The van der Waals surface area contributed by atoms with Gasteiger partial charge in [0.1, 0.15) is 0 Å². The summed E-state index contributed by atoms with van der Waals surface area (Å²) in [5.74, 6) is -0.163. The Labute approximate surface area is 108 Å². The van der Waals surface area contributed by atoms with Crippen LogP contribution in [-0.2, 0) is 4.79 Å². The molecule has 1 aliphatic carbocycles. The Morgan fingerprint density at radius 1 is 1.44 bits per heavy atom. The average molecular weight is 245 g/mol. The summed E-state index contributed by atoms with van der Waals surface area (Å²) in [6.07, 6.45) is 3.77. The first-order chi connectivity index (χ1) is 8.58. The van der Waals surface area contributed by atoms with Crippen molar-refractivity contribution >= 4 is 5.91 Å². The third kappa shape index (κ3) is 2.18. The van der Waals surface area contributed by atoms with Crippen LogP contribution in [0.1, 0.15) is 30.9 Å². The van der Waals surface area contributed by atoms with E-state index in [1.807, 2.05) is 30.3 Å². The van der Waals surface area contributed by atoms with Crippen molar-refractivity contribution in [1.82, 2.24) is 4.90 Å². The number of amides is 1. The molecule has 0 aromatic heterocycles. The molecule has 3 nitrogen and oxygen atoms in total. The lowest BCUT2D eigenvalue weighted by molar-refractivity contribution is -0.141. The molecule has 0 spiro atoms. The summed E-state index contributed by atoms with van der Waals surface area (Å²) in [4.78, 5) is 13.4. The van der Waals surface area contributed by atoms with E-state index in [0.29, 0.717) is 0 Å². The highest BCUT2D eigenvalue weighted by molar-refractivity contribution is 5.87. The summed E-state index contributed by atoms with van der Waals surface area (Å²) >= 11 is 0. The van der Waals surface area contributed by atoms with Gasteiger partial charge < -0.3 is 10.0 Å². The van der Waals surface area contributed by atoms with Crippen molar-refractivity contribution in [2.24, 2.45) is 0 Å². The summed E-state index contributed by atoms with van der Waals surface area (Å²) in [5.41, 5.74) is 0.173. The van der Waals surface area contributed by atoms with Crippen molar-refractivity contribution in [2.75, 3.05) is 7.05 Å². The molecule has 1 aromatic rings. The van der Waals surface area contributed by atoms with E-state index in [0.717, 1.165) is 24.8 Å². The molecule has 1 atom stereocenters. The fourth-order valence-electron chi connectivity index (χ4n) is 2.61. The predicted octanol–water partition coefficient (Wildman–Crippen LogP) is 2.29. The van der Waals surface area contributed by atoms with E-state index < -0.39 is 5.60 Å². The molecule has 0 heterocycles. The van der Waals surface area contributed by atoms with Crippen molar-refractivity contribution in [3.63, 3.8) is 0 Å². The first-order valence-corrected chi connectivity index (χ1v) is 6.25. The average Bonchev–Trinajstić information content (AvgIpc) is 2.37. The van der Waals surface area contributed by atoms with Crippen molar-refractivity contribution in [3.8, 4) is 0 Å². The SMILES string of the molecule is C=CC(=O)N(C)C(c1ccccc1)C1(O)CCC1. The summed E-state index contributed by atoms with van der Waals surface area (Å²) in [5, 5.41) is 10.6. The van der Waals surface area contributed by atoms with E-state index in [2.05, 4.69) is 6.58 Å². The molecular formula is C15H19NO2. The molecule has 18 heavy (non-hydrogen) atoms. The van der Waals surface area contributed by atoms with Crippen LogP contribution < -0.4 is 0 Å². The summed E-state index contributed by atoms with van der Waals surface area (Å²) in [7, 11) is 1.72. The van der Waals surface area contributed by atoms with Gasteiger partial charge in [0.2, 0.25) is 5.91 Å². The molecule has 96 valence electrons. The minimum atomic E-state index is -0.797. The molecule has 1 unspecified atom stereocenters. The van der Waals surface area contributed by atoms with Crippen LogP contribution in [0.15, 0.2) is 43.0 Å². The van der Waals surface area contributed by atoms with Gasteiger partial charge in [-0.2, -0.15) is 0 Å². The second-order valence-corrected chi connectivity index (χ2v) is 4.92. The number of hydrogen-bond donors (Lipinski definition) is 1. The Bertz CT molecular complexity index is 437. The molecule has 0 aliphatic heterocycles. The van der Waals surface area contributed by atoms with E-state index in [1.165, 1.54) is 6.08 Å². The lowest BCUT2D eigenvalue weighted by Gasteiger charge is -2.47. The summed E-state index contributed by atoms with van der Waals surface area (Å²) < 4.78 is 0. The van der Waals surface area contributed by atoms with Gasteiger partial charge >= 0.3 is 0 Å². The Hall–Kier alpha value is -1.61. The van der Waals surface area contributed by atoms with E-state index in [1.54, 1.807) is 11.9 Å². The van der Waals surface area contributed by atoms with Crippen LogP contribution >= 0.6 is 0 Å². The molecule has 1 aromatic carbocycles. The molecule has 3 heteroatoms. The molecule has 1 aliphatic rings. The van der Waals surface area contributed by atoms with Crippen molar-refractivity contribution < 1.29 is 9.90 Å². The highest BCUT2D eigenvalue weighted by Crippen LogP contribution is 2.44. The van der Waals surface area contributed by atoms with Crippen LogP contribution in [-0.4, -0.2) is 28.6 Å². The van der Waals surface area contributed by atoms with Gasteiger partial charge in [0.15, 0.2) is 0 Å². The number of aliphatic hydroxyl groups is 1. The van der Waals surface area contributed by atoms with E-state index in [9.17, 15) is 9.90 Å². The monoisotopic (exact) mass is 245 g/mol. The normalized spacial score (nSPS) is 18.6. The third-order valence-electron chi connectivity index (χ3n) is 3.75. The molecule has 2 rings (SSSR count). The van der Waals surface area contributed by atoms with Gasteiger partial charge in [0, 0.05) is 7.05 Å². The number of hydrogen-bond acceptors (Lipinski definition) is 2. The standard InChI is InChI=1S/C15H19NO2/c1-3-13(17)16(2)14(15(18)10-7-11-15)12-8-5-4-6-9-12/h3-6,8-9,14,18H,1,7,10-11H2,2H3. The molecule has 1 amide bonds. The van der Waals surface area contributed by atoms with Crippen LogP contribution in [0.3, 0.4) is 0 Å². The van der Waals surface area contributed by atoms with Gasteiger partial charge in [-0.05, 0) is 30.9 Å². The highest BCUT2D eigenvalue weighted by atomic mass is 16.3. The zero-order chi connectivity index (χ0) is 13.2. The Balaban J connectivity index is 2.35. The minimum Gasteiger partial charge on any atom is -0.387 e. The molecule has 1 fully saturated rings. The quantitative estimate of drug-likeness (QED) is 0.827. The van der Waals surface area contributed by atoms with Crippen LogP contribution in [0.5, 0.6) is 0 Å². The number of carbonyl (C=O) groups is 1. The fourth-order valence-corrected chi connectivity index (χ4v) is 2.61. The van der Waals surface area contributed by atoms with Crippen LogP contribution in [0, 0.1) is 0 Å². The Kier molecular flexibility index (Phi) is 3.53. The Morgan fingerprint density at radius 2 is 2.06 bits per heavy atom. The lowest BCUT2D eigenvalue weighted by Crippen LogP contribution is -2.50. The molecule has 1 saturated carbocycles. The maximum absolute atomic E-state index is 11.8.